The lowest BCUT2D eigenvalue weighted by atomic mass is 10.0. The summed E-state index contributed by atoms with van der Waals surface area (Å²) in [5.74, 6) is 1.71. The highest BCUT2D eigenvalue weighted by atomic mass is 16.5. The first-order valence-corrected chi connectivity index (χ1v) is 8.55. The van der Waals surface area contributed by atoms with E-state index < -0.39 is 0 Å². The first-order chi connectivity index (χ1) is 11.7. The molecule has 0 radical (unpaired) electrons. The summed E-state index contributed by atoms with van der Waals surface area (Å²) in [4.78, 5) is 14.8. The maximum absolute atomic E-state index is 12.8. The van der Waals surface area contributed by atoms with E-state index in [0.717, 1.165) is 49.6 Å². The number of ether oxygens (including phenoxy) is 3. The van der Waals surface area contributed by atoms with Crippen molar-refractivity contribution in [1.82, 2.24) is 10.2 Å². The number of hydrogen-bond acceptors (Lipinski definition) is 5. The normalized spacial score (nSPS) is 24.0. The van der Waals surface area contributed by atoms with Crippen LogP contribution in [0.15, 0.2) is 18.2 Å². The Morgan fingerprint density at radius 1 is 1.38 bits per heavy atom. The minimum atomic E-state index is 0.0721. The molecule has 2 heterocycles. The summed E-state index contributed by atoms with van der Waals surface area (Å²) in [7, 11) is 3.29. The van der Waals surface area contributed by atoms with Crippen LogP contribution >= 0.6 is 0 Å². The minimum absolute atomic E-state index is 0.0721. The largest absolute Gasteiger partial charge is 0.497 e. The number of carbonyl (C=O) groups excluding carboxylic acids is 1. The zero-order chi connectivity index (χ0) is 16.9. The third-order valence-electron chi connectivity index (χ3n) is 4.79. The molecule has 1 aromatic rings. The number of rotatable bonds is 5. The molecule has 3 rings (SSSR count). The molecule has 2 atom stereocenters. The van der Waals surface area contributed by atoms with Crippen LogP contribution in [0.1, 0.15) is 30.9 Å². The number of morpholine rings is 1. The maximum atomic E-state index is 12.8. The third-order valence-corrected chi connectivity index (χ3v) is 4.79. The summed E-state index contributed by atoms with van der Waals surface area (Å²) in [6.45, 7) is 2.94. The Morgan fingerprint density at radius 2 is 2.25 bits per heavy atom. The second kappa shape index (κ2) is 7.85. The van der Waals surface area contributed by atoms with Crippen molar-refractivity contribution in [1.29, 1.82) is 0 Å². The van der Waals surface area contributed by atoms with Gasteiger partial charge in [0.1, 0.15) is 11.5 Å². The van der Waals surface area contributed by atoms with E-state index in [4.69, 9.17) is 14.2 Å². The van der Waals surface area contributed by atoms with Gasteiger partial charge in [-0.3, -0.25) is 4.79 Å². The lowest BCUT2D eigenvalue weighted by Crippen LogP contribution is -2.45. The zero-order valence-electron chi connectivity index (χ0n) is 14.4. The van der Waals surface area contributed by atoms with Crippen LogP contribution in [0.3, 0.4) is 0 Å². The smallest absolute Gasteiger partial charge is 0.224 e. The summed E-state index contributed by atoms with van der Waals surface area (Å²) in [6.07, 6.45) is 2.46. The standard InChI is InChI=1S/C18H26N2O4/c1-22-14-5-6-15(17(11-14)23-2)16-4-3-8-20(16)18(21)10-13-12-24-9-7-19-13/h5-6,11,13,16,19H,3-4,7-10,12H2,1-2H3. The highest BCUT2D eigenvalue weighted by molar-refractivity contribution is 5.78. The van der Waals surface area contributed by atoms with Gasteiger partial charge in [-0.1, -0.05) is 0 Å². The minimum Gasteiger partial charge on any atom is -0.497 e. The highest BCUT2D eigenvalue weighted by Crippen LogP contribution is 2.39. The van der Waals surface area contributed by atoms with Crippen LogP contribution in [0.4, 0.5) is 0 Å². The van der Waals surface area contributed by atoms with Gasteiger partial charge in [0.25, 0.3) is 0 Å². The molecule has 2 aliphatic rings. The van der Waals surface area contributed by atoms with Crippen LogP contribution in [0.5, 0.6) is 11.5 Å². The van der Waals surface area contributed by atoms with Gasteiger partial charge in [0.15, 0.2) is 0 Å². The maximum Gasteiger partial charge on any atom is 0.224 e. The quantitative estimate of drug-likeness (QED) is 0.889. The lowest BCUT2D eigenvalue weighted by molar-refractivity contribution is -0.133. The molecule has 1 aromatic carbocycles. The molecule has 0 bridgehead atoms. The highest BCUT2D eigenvalue weighted by Gasteiger charge is 2.33. The molecule has 1 amide bonds. The van der Waals surface area contributed by atoms with Crippen LogP contribution in [-0.2, 0) is 9.53 Å². The van der Waals surface area contributed by atoms with E-state index in [1.54, 1.807) is 14.2 Å². The molecule has 2 unspecified atom stereocenters. The van der Waals surface area contributed by atoms with Gasteiger partial charge in [0.2, 0.25) is 5.91 Å². The molecule has 0 spiro atoms. The van der Waals surface area contributed by atoms with Gasteiger partial charge in [0.05, 0.1) is 33.5 Å². The molecule has 24 heavy (non-hydrogen) atoms. The number of methoxy groups -OCH3 is 2. The predicted octanol–water partition coefficient (Wildman–Crippen LogP) is 1.75. The van der Waals surface area contributed by atoms with Crippen molar-refractivity contribution in [2.75, 3.05) is 40.5 Å². The van der Waals surface area contributed by atoms with E-state index in [1.807, 2.05) is 23.1 Å². The second-order valence-electron chi connectivity index (χ2n) is 6.28. The average molecular weight is 334 g/mol. The molecule has 1 N–H and O–H groups in total. The van der Waals surface area contributed by atoms with Gasteiger partial charge in [0, 0.05) is 37.2 Å². The molecule has 0 aliphatic carbocycles. The van der Waals surface area contributed by atoms with Crippen molar-refractivity contribution in [3.8, 4) is 11.5 Å². The second-order valence-corrected chi connectivity index (χ2v) is 6.28. The Hall–Kier alpha value is -1.79. The molecule has 132 valence electrons. The van der Waals surface area contributed by atoms with Gasteiger partial charge < -0.3 is 24.4 Å². The Labute approximate surface area is 143 Å². The van der Waals surface area contributed by atoms with Crippen LogP contribution in [0.25, 0.3) is 0 Å². The molecule has 0 aromatic heterocycles. The van der Waals surface area contributed by atoms with Crippen molar-refractivity contribution in [2.45, 2.75) is 31.3 Å². The van der Waals surface area contributed by atoms with Crippen molar-refractivity contribution in [3.05, 3.63) is 23.8 Å². The van der Waals surface area contributed by atoms with Crippen LogP contribution in [0, 0.1) is 0 Å². The monoisotopic (exact) mass is 334 g/mol. The Balaban J connectivity index is 1.74. The first kappa shape index (κ1) is 17.0. The van der Waals surface area contributed by atoms with Crippen molar-refractivity contribution >= 4 is 5.91 Å². The lowest BCUT2D eigenvalue weighted by Gasteiger charge is -2.29. The number of likely N-dealkylation sites (tertiary alicyclic amines) is 1. The van der Waals surface area contributed by atoms with E-state index in [-0.39, 0.29) is 18.0 Å². The number of benzene rings is 1. The molecule has 6 nitrogen and oxygen atoms in total. The number of nitrogens with zero attached hydrogens (tertiary/aromatic N) is 1. The molecule has 2 saturated heterocycles. The summed E-state index contributed by atoms with van der Waals surface area (Å²) >= 11 is 0. The van der Waals surface area contributed by atoms with Crippen LogP contribution in [0.2, 0.25) is 0 Å². The molecular formula is C18H26N2O4. The summed E-state index contributed by atoms with van der Waals surface area (Å²) in [6, 6.07) is 6.01. The van der Waals surface area contributed by atoms with Crippen LogP contribution in [-0.4, -0.2) is 57.4 Å². The Morgan fingerprint density at radius 3 is 2.96 bits per heavy atom. The van der Waals surface area contributed by atoms with Crippen molar-refractivity contribution in [3.63, 3.8) is 0 Å². The summed E-state index contributed by atoms with van der Waals surface area (Å²) < 4.78 is 16.2. The summed E-state index contributed by atoms with van der Waals surface area (Å²) in [5.41, 5.74) is 1.05. The fraction of sp³-hybridized carbons (Fsp3) is 0.611. The third kappa shape index (κ3) is 3.65. The number of hydrogen-bond donors (Lipinski definition) is 1. The van der Waals surface area contributed by atoms with Gasteiger partial charge in [-0.05, 0) is 25.0 Å². The van der Waals surface area contributed by atoms with Gasteiger partial charge in [-0.25, -0.2) is 0 Å². The number of nitrogens with one attached hydrogen (secondary N) is 1. The number of amides is 1. The van der Waals surface area contributed by atoms with E-state index in [0.29, 0.717) is 13.0 Å². The SMILES string of the molecule is COc1ccc(C2CCCN2C(=O)CC2COCCN2)c(OC)c1. The van der Waals surface area contributed by atoms with E-state index in [9.17, 15) is 4.79 Å². The fourth-order valence-corrected chi connectivity index (χ4v) is 3.56. The molecule has 0 saturated carbocycles. The van der Waals surface area contributed by atoms with E-state index >= 15 is 0 Å². The Kier molecular flexibility index (Phi) is 5.58. The summed E-state index contributed by atoms with van der Waals surface area (Å²) in [5, 5.41) is 3.35. The van der Waals surface area contributed by atoms with E-state index in [2.05, 4.69) is 5.32 Å². The average Bonchev–Trinajstić information content (AvgIpc) is 3.11. The first-order valence-electron chi connectivity index (χ1n) is 8.55. The van der Waals surface area contributed by atoms with Gasteiger partial charge >= 0.3 is 0 Å². The topological polar surface area (TPSA) is 60.0 Å². The van der Waals surface area contributed by atoms with Gasteiger partial charge in [-0.15, -0.1) is 0 Å². The predicted molar refractivity (Wildman–Crippen MR) is 90.5 cm³/mol. The molecule has 2 aliphatic heterocycles. The van der Waals surface area contributed by atoms with Gasteiger partial charge in [-0.2, -0.15) is 0 Å². The Bertz CT molecular complexity index is 572. The van der Waals surface area contributed by atoms with Crippen LogP contribution < -0.4 is 14.8 Å². The number of carbonyl (C=O) groups is 1. The van der Waals surface area contributed by atoms with Crippen molar-refractivity contribution in [2.24, 2.45) is 0 Å². The molecule has 6 heteroatoms. The fourth-order valence-electron chi connectivity index (χ4n) is 3.56. The zero-order valence-corrected chi connectivity index (χ0v) is 14.4. The molecule has 2 fully saturated rings. The van der Waals surface area contributed by atoms with Crippen molar-refractivity contribution < 1.29 is 19.0 Å². The van der Waals surface area contributed by atoms with E-state index in [1.165, 1.54) is 0 Å². The molecular weight excluding hydrogens is 308 g/mol.